The molecule has 0 saturated heterocycles. The number of hydrogen-bond donors (Lipinski definition) is 0. The highest BCUT2D eigenvalue weighted by Crippen LogP contribution is 2.27. The molecular formula is C8H17NO. The second kappa shape index (κ2) is 3.13. The highest BCUT2D eigenvalue weighted by molar-refractivity contribution is 4.82. The average molecular weight is 143 g/mol. The smallest absolute Gasteiger partial charge is 0.0990 e. The topological polar surface area (TPSA) is 29.4 Å². The fourth-order valence-corrected chi connectivity index (χ4v) is 1.28. The van der Waals surface area contributed by atoms with Crippen molar-refractivity contribution in [2.45, 2.75) is 40.7 Å². The lowest BCUT2D eigenvalue weighted by molar-refractivity contribution is 0.260. The van der Waals surface area contributed by atoms with Gasteiger partial charge in [0, 0.05) is 0 Å². The van der Waals surface area contributed by atoms with Crippen LogP contribution in [-0.4, -0.2) is 6.04 Å². The third-order valence-electron chi connectivity index (χ3n) is 1.63. The molecule has 0 amide bonds. The summed E-state index contributed by atoms with van der Waals surface area (Å²) < 4.78 is 0. The van der Waals surface area contributed by atoms with Gasteiger partial charge in [0.2, 0.25) is 0 Å². The molecule has 1 atom stereocenters. The Hall–Kier alpha value is -0.400. The minimum atomic E-state index is -0.0625. The van der Waals surface area contributed by atoms with Crippen LogP contribution in [-0.2, 0) is 0 Å². The minimum Gasteiger partial charge on any atom is -0.150 e. The summed E-state index contributed by atoms with van der Waals surface area (Å²) in [5.41, 5.74) is 0.00984. The zero-order valence-electron chi connectivity index (χ0n) is 7.51. The molecule has 1 unspecified atom stereocenters. The van der Waals surface area contributed by atoms with E-state index in [0.29, 0.717) is 5.92 Å². The van der Waals surface area contributed by atoms with E-state index in [1.807, 2.05) is 34.6 Å². The normalized spacial score (nSPS) is 15.4. The Labute approximate surface area is 63.0 Å². The van der Waals surface area contributed by atoms with Gasteiger partial charge in [0.1, 0.15) is 0 Å². The molecule has 2 heteroatoms. The Morgan fingerprint density at radius 1 is 1.20 bits per heavy atom. The lowest BCUT2D eigenvalue weighted by atomic mass is 9.81. The van der Waals surface area contributed by atoms with Crippen molar-refractivity contribution in [3.05, 3.63) is 4.91 Å². The summed E-state index contributed by atoms with van der Waals surface area (Å²) >= 11 is 0. The maximum atomic E-state index is 10.3. The molecule has 0 radical (unpaired) electrons. The molecule has 0 fully saturated rings. The van der Waals surface area contributed by atoms with Gasteiger partial charge in [-0.15, -0.1) is 0 Å². The molecule has 0 saturated carbocycles. The summed E-state index contributed by atoms with van der Waals surface area (Å²) in [4.78, 5) is 10.3. The molecular weight excluding hydrogens is 126 g/mol. The number of nitrogens with zero attached hydrogens (tertiary/aromatic N) is 1. The van der Waals surface area contributed by atoms with Crippen LogP contribution in [0.5, 0.6) is 0 Å². The van der Waals surface area contributed by atoms with E-state index in [4.69, 9.17) is 0 Å². The second-order valence-electron chi connectivity index (χ2n) is 4.16. The van der Waals surface area contributed by atoms with Gasteiger partial charge >= 0.3 is 0 Å². The fourth-order valence-electron chi connectivity index (χ4n) is 1.28. The third-order valence-corrected chi connectivity index (χ3v) is 1.63. The van der Waals surface area contributed by atoms with Gasteiger partial charge in [-0.05, 0) is 11.3 Å². The van der Waals surface area contributed by atoms with Crippen molar-refractivity contribution in [1.82, 2.24) is 0 Å². The molecule has 0 heterocycles. The maximum Gasteiger partial charge on any atom is 0.0990 e. The predicted octanol–water partition coefficient (Wildman–Crippen LogP) is 2.82. The lowest BCUT2D eigenvalue weighted by Gasteiger charge is -2.27. The van der Waals surface area contributed by atoms with Gasteiger partial charge in [-0.1, -0.05) is 39.8 Å². The monoisotopic (exact) mass is 143 g/mol. The van der Waals surface area contributed by atoms with Crippen LogP contribution in [0.2, 0.25) is 0 Å². The van der Waals surface area contributed by atoms with Crippen molar-refractivity contribution in [1.29, 1.82) is 0 Å². The third kappa shape index (κ3) is 2.46. The van der Waals surface area contributed by atoms with Crippen LogP contribution in [0.15, 0.2) is 5.18 Å². The Morgan fingerprint density at radius 2 is 1.60 bits per heavy atom. The zero-order valence-corrected chi connectivity index (χ0v) is 7.51. The summed E-state index contributed by atoms with van der Waals surface area (Å²) in [6.07, 6.45) is 0. The molecule has 0 aromatic carbocycles. The fraction of sp³-hybridized carbons (Fsp3) is 1.00. The summed E-state index contributed by atoms with van der Waals surface area (Å²) in [5, 5.41) is 3.11. The van der Waals surface area contributed by atoms with Crippen molar-refractivity contribution in [3.63, 3.8) is 0 Å². The van der Waals surface area contributed by atoms with Gasteiger partial charge in [0.25, 0.3) is 0 Å². The van der Waals surface area contributed by atoms with E-state index < -0.39 is 0 Å². The van der Waals surface area contributed by atoms with E-state index in [0.717, 1.165) is 0 Å². The van der Waals surface area contributed by atoms with E-state index in [1.54, 1.807) is 0 Å². The average Bonchev–Trinajstić information content (AvgIpc) is 1.60. The van der Waals surface area contributed by atoms with Gasteiger partial charge in [-0.2, -0.15) is 4.91 Å². The van der Waals surface area contributed by atoms with Gasteiger partial charge < -0.3 is 0 Å². The number of hydrogen-bond acceptors (Lipinski definition) is 2. The molecule has 2 nitrogen and oxygen atoms in total. The van der Waals surface area contributed by atoms with Gasteiger partial charge in [0.05, 0.1) is 6.04 Å². The molecule has 0 bridgehead atoms. The van der Waals surface area contributed by atoms with Crippen LogP contribution >= 0.6 is 0 Å². The van der Waals surface area contributed by atoms with Crippen molar-refractivity contribution >= 4 is 0 Å². The van der Waals surface area contributed by atoms with E-state index in [-0.39, 0.29) is 11.5 Å². The van der Waals surface area contributed by atoms with Crippen molar-refractivity contribution in [2.75, 3.05) is 0 Å². The molecule has 60 valence electrons. The Morgan fingerprint density at radius 3 is 1.60 bits per heavy atom. The quantitative estimate of drug-likeness (QED) is 0.546. The molecule has 0 spiro atoms. The van der Waals surface area contributed by atoms with Crippen LogP contribution in [0.1, 0.15) is 34.6 Å². The highest BCUT2D eigenvalue weighted by Gasteiger charge is 2.28. The van der Waals surface area contributed by atoms with Crippen LogP contribution < -0.4 is 0 Å². The second-order valence-corrected chi connectivity index (χ2v) is 4.16. The first-order chi connectivity index (χ1) is 4.39. The first-order valence-corrected chi connectivity index (χ1v) is 3.72. The molecule has 0 aliphatic heterocycles. The van der Waals surface area contributed by atoms with Gasteiger partial charge in [-0.3, -0.25) is 0 Å². The van der Waals surface area contributed by atoms with Crippen molar-refractivity contribution in [2.24, 2.45) is 16.5 Å². The minimum absolute atomic E-state index is 0.00984. The molecule has 0 aromatic rings. The van der Waals surface area contributed by atoms with E-state index in [9.17, 15) is 4.91 Å². The molecule has 0 aliphatic rings. The van der Waals surface area contributed by atoms with Crippen LogP contribution in [0.3, 0.4) is 0 Å². The highest BCUT2D eigenvalue weighted by atomic mass is 16.3. The predicted molar refractivity (Wildman–Crippen MR) is 43.9 cm³/mol. The van der Waals surface area contributed by atoms with Crippen LogP contribution in [0.4, 0.5) is 0 Å². The zero-order chi connectivity index (χ0) is 8.36. The largest absolute Gasteiger partial charge is 0.150 e. The standard InChI is InChI=1S/C8H17NO/c1-6(2)7(9-10)8(3,4)5/h6-7H,1-5H3. The maximum absolute atomic E-state index is 10.3. The SMILES string of the molecule is CC(C)C(N=O)C(C)(C)C. The van der Waals surface area contributed by atoms with Crippen LogP contribution in [0, 0.1) is 16.2 Å². The molecule has 0 aliphatic carbocycles. The van der Waals surface area contributed by atoms with E-state index in [1.165, 1.54) is 0 Å². The summed E-state index contributed by atoms with van der Waals surface area (Å²) in [5.74, 6) is 0.345. The Bertz CT molecular complexity index is 113. The first kappa shape index (κ1) is 9.60. The van der Waals surface area contributed by atoms with E-state index in [2.05, 4.69) is 5.18 Å². The Kier molecular flexibility index (Phi) is 3.00. The number of nitroso groups, excluding NO2 is 1. The molecule has 10 heavy (non-hydrogen) atoms. The summed E-state index contributed by atoms with van der Waals surface area (Å²) in [7, 11) is 0. The van der Waals surface area contributed by atoms with Gasteiger partial charge in [0.15, 0.2) is 0 Å². The molecule has 0 rings (SSSR count). The number of rotatable bonds is 2. The van der Waals surface area contributed by atoms with E-state index >= 15 is 0 Å². The summed E-state index contributed by atoms with van der Waals surface area (Å²) in [6.45, 7) is 10.2. The van der Waals surface area contributed by atoms with Crippen molar-refractivity contribution < 1.29 is 0 Å². The molecule has 0 aromatic heterocycles. The van der Waals surface area contributed by atoms with Crippen LogP contribution in [0.25, 0.3) is 0 Å². The lowest BCUT2D eigenvalue weighted by Crippen LogP contribution is -2.28. The van der Waals surface area contributed by atoms with Gasteiger partial charge in [-0.25, -0.2) is 0 Å². The summed E-state index contributed by atoms with van der Waals surface area (Å²) in [6, 6.07) is -0.0625. The first-order valence-electron chi connectivity index (χ1n) is 3.72. The Balaban J connectivity index is 4.21. The molecule has 0 N–H and O–H groups in total. The van der Waals surface area contributed by atoms with Crippen molar-refractivity contribution in [3.8, 4) is 0 Å².